The van der Waals surface area contributed by atoms with E-state index < -0.39 is 0 Å². The Labute approximate surface area is 188 Å². The van der Waals surface area contributed by atoms with Gasteiger partial charge in [0.25, 0.3) is 5.56 Å². The minimum absolute atomic E-state index is 0.0878. The number of ether oxygens (including phenoxy) is 2. The van der Waals surface area contributed by atoms with Crippen LogP contribution in [0.4, 0.5) is 0 Å². The van der Waals surface area contributed by atoms with Crippen LogP contribution in [0.3, 0.4) is 0 Å². The van der Waals surface area contributed by atoms with Crippen LogP contribution in [0.2, 0.25) is 0 Å². The minimum atomic E-state index is -0.0878. The van der Waals surface area contributed by atoms with E-state index in [1.165, 1.54) is 17.3 Å². The smallest absolute Gasteiger partial charge is 0.262 e. The second kappa shape index (κ2) is 8.66. The van der Waals surface area contributed by atoms with Crippen LogP contribution in [0.1, 0.15) is 31.2 Å². The maximum absolute atomic E-state index is 13.2. The number of aryl methyl sites for hydroxylation is 1. The van der Waals surface area contributed by atoms with Gasteiger partial charge >= 0.3 is 0 Å². The van der Waals surface area contributed by atoms with Gasteiger partial charge < -0.3 is 14.0 Å². The van der Waals surface area contributed by atoms with Crippen molar-refractivity contribution in [2.45, 2.75) is 44.1 Å². The summed E-state index contributed by atoms with van der Waals surface area (Å²) < 4.78 is 18.0. The van der Waals surface area contributed by atoms with Gasteiger partial charge in [-0.25, -0.2) is 4.98 Å². The first-order valence-corrected chi connectivity index (χ1v) is 11.5. The number of fused-ring (bicyclic) bond motifs is 2. The molecule has 0 saturated heterocycles. The lowest BCUT2D eigenvalue weighted by Crippen LogP contribution is -2.23. The van der Waals surface area contributed by atoms with Crippen molar-refractivity contribution >= 4 is 22.7 Å². The van der Waals surface area contributed by atoms with Gasteiger partial charge in [-0.15, -0.1) is 0 Å². The summed E-state index contributed by atoms with van der Waals surface area (Å²) in [6, 6.07) is 11.4. The molecule has 0 saturated carbocycles. The third-order valence-corrected chi connectivity index (χ3v) is 6.21. The molecule has 4 aromatic rings. The Bertz CT molecular complexity index is 1330. The topological polar surface area (TPSA) is 92.3 Å². The molecule has 1 aliphatic heterocycles. The van der Waals surface area contributed by atoms with Gasteiger partial charge in [0.1, 0.15) is 0 Å². The summed E-state index contributed by atoms with van der Waals surface area (Å²) in [5, 5.41) is 5.23. The molecular weight excluding hydrogens is 428 g/mol. The average Bonchev–Trinajstić information content (AvgIpc) is 3.46. The zero-order chi connectivity index (χ0) is 22.1. The van der Waals surface area contributed by atoms with E-state index in [1.54, 1.807) is 16.7 Å². The Morgan fingerprint density at radius 3 is 2.66 bits per heavy atom. The first-order chi connectivity index (χ1) is 15.6. The van der Waals surface area contributed by atoms with Crippen LogP contribution in [-0.2, 0) is 12.3 Å². The van der Waals surface area contributed by atoms with Crippen molar-refractivity contribution in [3.8, 4) is 22.9 Å². The van der Waals surface area contributed by atoms with Crippen LogP contribution >= 0.6 is 11.8 Å². The monoisotopic (exact) mass is 450 g/mol. The molecule has 5 rings (SSSR count). The van der Waals surface area contributed by atoms with Crippen LogP contribution in [0.15, 0.2) is 50.9 Å². The molecule has 164 valence electrons. The van der Waals surface area contributed by atoms with Gasteiger partial charge in [0.2, 0.25) is 18.5 Å². The molecule has 9 heteroatoms. The van der Waals surface area contributed by atoms with Crippen LogP contribution in [0, 0.1) is 6.92 Å². The summed E-state index contributed by atoms with van der Waals surface area (Å²) in [5.41, 5.74) is 2.56. The number of aromatic nitrogens is 4. The molecule has 1 aliphatic rings. The van der Waals surface area contributed by atoms with Gasteiger partial charge in [0.15, 0.2) is 16.7 Å². The molecule has 0 unspecified atom stereocenters. The highest BCUT2D eigenvalue weighted by atomic mass is 32.2. The Morgan fingerprint density at radius 2 is 1.88 bits per heavy atom. The van der Waals surface area contributed by atoms with Crippen LogP contribution in [0.25, 0.3) is 22.3 Å². The predicted octanol–water partition coefficient (Wildman–Crippen LogP) is 4.58. The van der Waals surface area contributed by atoms with Crippen LogP contribution < -0.4 is 15.0 Å². The Morgan fingerprint density at radius 1 is 1.09 bits per heavy atom. The summed E-state index contributed by atoms with van der Waals surface area (Å²) >= 11 is 1.41. The molecule has 3 heterocycles. The number of hydrogen-bond donors (Lipinski definition) is 0. The number of rotatable bonds is 7. The van der Waals surface area contributed by atoms with Crippen molar-refractivity contribution in [1.29, 1.82) is 0 Å². The first-order valence-electron chi connectivity index (χ1n) is 10.5. The molecule has 0 aliphatic carbocycles. The molecule has 0 fully saturated rings. The van der Waals surface area contributed by atoms with Crippen molar-refractivity contribution in [1.82, 2.24) is 19.7 Å². The van der Waals surface area contributed by atoms with E-state index >= 15 is 0 Å². The van der Waals surface area contributed by atoms with Crippen LogP contribution in [0.5, 0.6) is 11.5 Å². The number of unbranched alkanes of at least 4 members (excludes halogenated alkanes) is 1. The molecule has 8 nitrogen and oxygen atoms in total. The lowest BCUT2D eigenvalue weighted by molar-refractivity contribution is 0.174. The lowest BCUT2D eigenvalue weighted by Gasteiger charge is -2.12. The third-order valence-electron chi connectivity index (χ3n) is 5.25. The molecule has 32 heavy (non-hydrogen) atoms. The zero-order valence-electron chi connectivity index (χ0n) is 17.8. The molecule has 2 aromatic carbocycles. The Hall–Kier alpha value is -3.33. The molecule has 0 N–H and O–H groups in total. The quantitative estimate of drug-likeness (QED) is 0.298. The predicted molar refractivity (Wildman–Crippen MR) is 121 cm³/mol. The van der Waals surface area contributed by atoms with E-state index in [1.807, 2.05) is 31.2 Å². The SMILES string of the molecule is CCCCn1c(SCc2nc(-c3ccc(C)cc3)no2)nc2cc3c(cc2c1=O)OCO3. The summed E-state index contributed by atoms with van der Waals surface area (Å²) in [4.78, 5) is 22.5. The Kier molecular flexibility index (Phi) is 5.57. The van der Waals surface area contributed by atoms with Gasteiger partial charge in [0, 0.05) is 18.2 Å². The molecule has 0 radical (unpaired) electrons. The largest absolute Gasteiger partial charge is 0.454 e. The van der Waals surface area contributed by atoms with Gasteiger partial charge in [-0.05, 0) is 19.4 Å². The van der Waals surface area contributed by atoms with Crippen LogP contribution in [-0.4, -0.2) is 26.5 Å². The molecule has 2 aromatic heterocycles. The third kappa shape index (κ3) is 3.95. The molecule has 0 bridgehead atoms. The van der Waals surface area contributed by atoms with Crippen molar-refractivity contribution in [3.05, 3.63) is 58.2 Å². The Balaban J connectivity index is 1.44. The molecule has 0 spiro atoms. The summed E-state index contributed by atoms with van der Waals surface area (Å²) in [6.07, 6.45) is 1.85. The van der Waals surface area contributed by atoms with E-state index in [0.717, 1.165) is 18.4 Å². The molecule has 0 amide bonds. The van der Waals surface area contributed by atoms with E-state index in [4.69, 9.17) is 19.0 Å². The van der Waals surface area contributed by atoms with Gasteiger partial charge in [-0.2, -0.15) is 4.98 Å². The van der Waals surface area contributed by atoms with Crippen molar-refractivity contribution in [2.24, 2.45) is 0 Å². The number of nitrogens with zero attached hydrogens (tertiary/aromatic N) is 4. The van der Waals surface area contributed by atoms with Gasteiger partial charge in [0.05, 0.1) is 16.7 Å². The van der Waals surface area contributed by atoms with Gasteiger partial charge in [-0.3, -0.25) is 9.36 Å². The van der Waals surface area contributed by atoms with Crippen molar-refractivity contribution in [3.63, 3.8) is 0 Å². The zero-order valence-corrected chi connectivity index (χ0v) is 18.6. The number of benzene rings is 2. The van der Waals surface area contributed by atoms with E-state index in [2.05, 4.69) is 17.1 Å². The number of thioether (sulfide) groups is 1. The van der Waals surface area contributed by atoms with E-state index in [-0.39, 0.29) is 12.4 Å². The maximum Gasteiger partial charge on any atom is 0.262 e. The fraction of sp³-hybridized carbons (Fsp3) is 0.304. The molecule has 0 atom stereocenters. The second-order valence-electron chi connectivity index (χ2n) is 7.59. The highest BCUT2D eigenvalue weighted by molar-refractivity contribution is 7.98. The fourth-order valence-electron chi connectivity index (χ4n) is 3.47. The normalized spacial score (nSPS) is 12.6. The molecular formula is C23H22N4O4S. The summed E-state index contributed by atoms with van der Waals surface area (Å²) in [5.74, 6) is 2.61. The summed E-state index contributed by atoms with van der Waals surface area (Å²) in [7, 11) is 0. The van der Waals surface area contributed by atoms with Crippen molar-refractivity contribution < 1.29 is 14.0 Å². The highest BCUT2D eigenvalue weighted by Gasteiger charge is 2.19. The minimum Gasteiger partial charge on any atom is -0.454 e. The fourth-order valence-corrected chi connectivity index (χ4v) is 4.34. The number of hydrogen-bond acceptors (Lipinski definition) is 8. The second-order valence-corrected chi connectivity index (χ2v) is 8.54. The maximum atomic E-state index is 13.2. The standard InChI is InChI=1S/C23H22N4O4S/c1-3-4-9-27-22(28)16-10-18-19(30-13-29-18)11-17(16)24-23(27)32-12-20-25-21(26-31-20)15-7-5-14(2)6-8-15/h5-8,10-11H,3-4,9,12-13H2,1-2H3. The summed E-state index contributed by atoms with van der Waals surface area (Å²) in [6.45, 7) is 4.87. The lowest BCUT2D eigenvalue weighted by atomic mass is 10.1. The van der Waals surface area contributed by atoms with E-state index in [9.17, 15) is 4.79 Å². The highest BCUT2D eigenvalue weighted by Crippen LogP contribution is 2.35. The first kappa shape index (κ1) is 20.6. The van der Waals surface area contributed by atoms with Crippen molar-refractivity contribution in [2.75, 3.05) is 6.79 Å². The van der Waals surface area contributed by atoms with Gasteiger partial charge in [-0.1, -0.05) is 60.1 Å². The van der Waals surface area contributed by atoms with E-state index in [0.29, 0.717) is 51.6 Å². The average molecular weight is 451 g/mol.